The number of aryl methyl sites for hydroxylation is 2. The summed E-state index contributed by atoms with van der Waals surface area (Å²) in [6.45, 7) is 8.44. The number of rotatable bonds is 3. The van der Waals surface area contributed by atoms with Gasteiger partial charge in [0.1, 0.15) is 17.3 Å². The van der Waals surface area contributed by atoms with Crippen LogP contribution in [0.4, 0.5) is 5.82 Å². The molecule has 0 spiro atoms. The van der Waals surface area contributed by atoms with Gasteiger partial charge in [0.2, 0.25) is 0 Å². The van der Waals surface area contributed by atoms with Crippen molar-refractivity contribution in [2.24, 2.45) is 0 Å². The van der Waals surface area contributed by atoms with Crippen molar-refractivity contribution >= 4 is 5.82 Å². The van der Waals surface area contributed by atoms with Gasteiger partial charge in [-0.1, -0.05) is 29.8 Å². The molecule has 2 N–H and O–H groups in total. The summed E-state index contributed by atoms with van der Waals surface area (Å²) in [5, 5.41) is 0. The van der Waals surface area contributed by atoms with Gasteiger partial charge in [0.15, 0.2) is 0 Å². The molecule has 0 saturated heterocycles. The van der Waals surface area contributed by atoms with Crippen molar-refractivity contribution in [3.05, 3.63) is 48.3 Å². The van der Waals surface area contributed by atoms with Crippen LogP contribution in [0.5, 0.6) is 0 Å². The molecule has 1 aromatic heterocycles. The van der Waals surface area contributed by atoms with Gasteiger partial charge in [-0.05, 0) is 19.9 Å². The van der Waals surface area contributed by atoms with Crippen LogP contribution < -0.4 is 5.73 Å². The molecule has 88 valence electrons. The summed E-state index contributed by atoms with van der Waals surface area (Å²) >= 11 is 0. The first-order valence-corrected chi connectivity index (χ1v) is 5.64. The summed E-state index contributed by atoms with van der Waals surface area (Å²) in [5.74, 6) is 1.62. The van der Waals surface area contributed by atoms with E-state index in [1.165, 1.54) is 5.56 Å². The van der Waals surface area contributed by atoms with Gasteiger partial charge in [-0.25, -0.2) is 4.98 Å². The molecule has 0 atom stereocenters. The molecule has 1 aromatic carbocycles. The Hall–Kier alpha value is -2.03. The predicted molar refractivity (Wildman–Crippen MR) is 71.7 cm³/mol. The van der Waals surface area contributed by atoms with Gasteiger partial charge in [-0.2, -0.15) is 0 Å². The van der Waals surface area contributed by atoms with Gasteiger partial charge in [-0.15, -0.1) is 6.58 Å². The van der Waals surface area contributed by atoms with Crippen LogP contribution in [-0.2, 0) is 6.54 Å². The molecule has 2 rings (SSSR count). The average Bonchev–Trinajstić information content (AvgIpc) is 2.57. The van der Waals surface area contributed by atoms with E-state index in [0.717, 1.165) is 17.1 Å². The second-order valence-corrected chi connectivity index (χ2v) is 4.16. The number of benzene rings is 1. The van der Waals surface area contributed by atoms with Gasteiger partial charge >= 0.3 is 0 Å². The number of anilines is 1. The lowest BCUT2D eigenvalue weighted by molar-refractivity contribution is 0.792. The molecule has 0 bridgehead atoms. The highest BCUT2D eigenvalue weighted by molar-refractivity contribution is 5.71. The second kappa shape index (κ2) is 4.45. The molecule has 1 heterocycles. The molecular weight excluding hydrogens is 210 g/mol. The quantitative estimate of drug-likeness (QED) is 0.819. The van der Waals surface area contributed by atoms with Crippen LogP contribution in [0.15, 0.2) is 36.9 Å². The highest BCUT2D eigenvalue weighted by atomic mass is 15.1. The maximum absolute atomic E-state index is 6.13. The Morgan fingerprint density at radius 2 is 2.18 bits per heavy atom. The highest BCUT2D eigenvalue weighted by Crippen LogP contribution is 2.26. The fraction of sp³-hybridized carbons (Fsp3) is 0.214. The number of aromatic nitrogens is 2. The van der Waals surface area contributed by atoms with E-state index in [1.807, 2.05) is 29.7 Å². The molecular formula is C14H17N3. The van der Waals surface area contributed by atoms with Crippen molar-refractivity contribution in [2.75, 3.05) is 5.73 Å². The number of nitrogens with two attached hydrogens (primary N) is 1. The molecule has 0 unspecified atom stereocenters. The predicted octanol–water partition coefficient (Wildman–Crippen LogP) is 2.94. The van der Waals surface area contributed by atoms with Crippen LogP contribution in [0, 0.1) is 13.8 Å². The lowest BCUT2D eigenvalue weighted by Gasteiger charge is -2.04. The summed E-state index contributed by atoms with van der Waals surface area (Å²) in [5.41, 5.74) is 9.25. The van der Waals surface area contributed by atoms with Gasteiger partial charge in [0, 0.05) is 12.1 Å². The zero-order valence-corrected chi connectivity index (χ0v) is 10.3. The Morgan fingerprint density at radius 1 is 1.41 bits per heavy atom. The largest absolute Gasteiger partial charge is 0.383 e. The summed E-state index contributed by atoms with van der Waals surface area (Å²) in [6.07, 6.45) is 1.82. The van der Waals surface area contributed by atoms with E-state index in [1.54, 1.807) is 0 Å². The van der Waals surface area contributed by atoms with Gasteiger partial charge in [0.25, 0.3) is 0 Å². The Morgan fingerprint density at radius 3 is 2.82 bits per heavy atom. The standard InChI is InChI=1S/C14H17N3/c1-4-8-17-11(3)16-13(14(17)15)12-7-5-6-10(2)9-12/h4-7,9H,1,8,15H2,2-3H3. The number of allylic oxidation sites excluding steroid dienone is 1. The minimum Gasteiger partial charge on any atom is -0.383 e. The van der Waals surface area contributed by atoms with E-state index in [2.05, 4.69) is 30.6 Å². The molecule has 3 heteroatoms. The van der Waals surface area contributed by atoms with Crippen molar-refractivity contribution < 1.29 is 0 Å². The van der Waals surface area contributed by atoms with Gasteiger partial charge in [0.05, 0.1) is 0 Å². The van der Waals surface area contributed by atoms with Crippen LogP contribution in [0.1, 0.15) is 11.4 Å². The first kappa shape index (κ1) is 11.5. The van der Waals surface area contributed by atoms with Crippen molar-refractivity contribution in [1.82, 2.24) is 9.55 Å². The lowest BCUT2D eigenvalue weighted by atomic mass is 10.1. The molecule has 3 nitrogen and oxygen atoms in total. The number of hydrogen-bond donors (Lipinski definition) is 1. The summed E-state index contributed by atoms with van der Waals surface area (Å²) < 4.78 is 1.96. The molecule has 0 radical (unpaired) electrons. The smallest absolute Gasteiger partial charge is 0.132 e. The Balaban J connectivity index is 2.53. The molecule has 17 heavy (non-hydrogen) atoms. The molecule has 2 aromatic rings. The molecule has 0 amide bonds. The van der Waals surface area contributed by atoms with E-state index < -0.39 is 0 Å². The van der Waals surface area contributed by atoms with Crippen LogP contribution in [0.3, 0.4) is 0 Å². The maximum Gasteiger partial charge on any atom is 0.132 e. The third kappa shape index (κ3) is 2.09. The normalized spacial score (nSPS) is 10.5. The summed E-state index contributed by atoms with van der Waals surface area (Å²) in [4.78, 5) is 4.53. The first-order chi connectivity index (χ1) is 8.13. The fourth-order valence-corrected chi connectivity index (χ4v) is 1.95. The minimum absolute atomic E-state index is 0.691. The fourth-order valence-electron chi connectivity index (χ4n) is 1.95. The summed E-state index contributed by atoms with van der Waals surface area (Å²) in [7, 11) is 0. The van der Waals surface area contributed by atoms with Gasteiger partial charge in [-0.3, -0.25) is 0 Å². The number of hydrogen-bond acceptors (Lipinski definition) is 2. The monoisotopic (exact) mass is 227 g/mol. The minimum atomic E-state index is 0.691. The third-order valence-electron chi connectivity index (χ3n) is 2.80. The number of nitrogens with zero attached hydrogens (tertiary/aromatic N) is 2. The number of nitrogen functional groups attached to an aromatic ring is 1. The zero-order valence-electron chi connectivity index (χ0n) is 10.3. The van der Waals surface area contributed by atoms with Crippen molar-refractivity contribution in [3.63, 3.8) is 0 Å². The highest BCUT2D eigenvalue weighted by Gasteiger charge is 2.12. The molecule has 0 aliphatic rings. The molecule has 0 aliphatic carbocycles. The second-order valence-electron chi connectivity index (χ2n) is 4.16. The molecule has 0 saturated carbocycles. The zero-order chi connectivity index (χ0) is 12.4. The van der Waals surface area contributed by atoms with Crippen LogP contribution in [-0.4, -0.2) is 9.55 Å². The summed E-state index contributed by atoms with van der Waals surface area (Å²) in [6, 6.07) is 8.21. The van der Waals surface area contributed by atoms with E-state index in [-0.39, 0.29) is 0 Å². The maximum atomic E-state index is 6.13. The third-order valence-corrected chi connectivity index (χ3v) is 2.80. The van der Waals surface area contributed by atoms with E-state index >= 15 is 0 Å². The van der Waals surface area contributed by atoms with Crippen LogP contribution in [0.2, 0.25) is 0 Å². The van der Waals surface area contributed by atoms with Gasteiger partial charge < -0.3 is 10.3 Å². The first-order valence-electron chi connectivity index (χ1n) is 5.64. The molecule has 0 fully saturated rings. The number of imidazole rings is 1. The lowest BCUT2D eigenvalue weighted by Crippen LogP contribution is -2.03. The molecule has 0 aliphatic heterocycles. The topological polar surface area (TPSA) is 43.8 Å². The Kier molecular flexibility index (Phi) is 3.00. The van der Waals surface area contributed by atoms with Crippen LogP contribution in [0.25, 0.3) is 11.3 Å². The Bertz CT molecular complexity index is 553. The van der Waals surface area contributed by atoms with Crippen LogP contribution >= 0.6 is 0 Å². The van der Waals surface area contributed by atoms with Crippen molar-refractivity contribution in [1.29, 1.82) is 0 Å². The average molecular weight is 227 g/mol. The van der Waals surface area contributed by atoms with Crippen molar-refractivity contribution in [3.8, 4) is 11.3 Å². The van der Waals surface area contributed by atoms with E-state index in [0.29, 0.717) is 12.4 Å². The van der Waals surface area contributed by atoms with E-state index in [9.17, 15) is 0 Å². The Labute approximate surface area is 102 Å². The SMILES string of the molecule is C=CCn1c(C)nc(-c2cccc(C)c2)c1N. The van der Waals surface area contributed by atoms with E-state index in [4.69, 9.17) is 5.73 Å². The van der Waals surface area contributed by atoms with Crippen molar-refractivity contribution in [2.45, 2.75) is 20.4 Å².